The van der Waals surface area contributed by atoms with Gasteiger partial charge in [0.05, 0.1) is 18.4 Å². The Kier molecular flexibility index (Phi) is 4.52. The van der Waals surface area contributed by atoms with Crippen molar-refractivity contribution in [1.29, 1.82) is 0 Å². The normalized spacial score (nSPS) is 10.8. The number of nitrogens with zero attached hydrogens (tertiary/aromatic N) is 4. The Morgan fingerprint density at radius 2 is 2.04 bits per heavy atom. The van der Waals surface area contributed by atoms with Crippen LogP contribution in [-0.4, -0.2) is 29.9 Å². The lowest BCUT2D eigenvalue weighted by molar-refractivity contribution is 0.651. The van der Waals surface area contributed by atoms with Crippen LogP contribution < -0.4 is 5.73 Å². The van der Waals surface area contributed by atoms with E-state index in [0.717, 1.165) is 29.7 Å². The number of aromatic nitrogens is 6. The van der Waals surface area contributed by atoms with Crippen LogP contribution in [-0.2, 0) is 19.4 Å². The predicted octanol–water partition coefficient (Wildman–Crippen LogP) is 2.32. The van der Waals surface area contributed by atoms with Gasteiger partial charge in [-0.1, -0.05) is 23.4 Å². The minimum absolute atomic E-state index is 0. The molecule has 0 saturated carbocycles. The van der Waals surface area contributed by atoms with Gasteiger partial charge in [-0.05, 0) is 24.5 Å². The minimum Gasteiger partial charge on any atom is -0.369 e. The maximum Gasteiger partial charge on any atom is 0.197 e. The molecule has 7 nitrogen and oxygen atoms in total. The molecule has 0 amide bonds. The highest BCUT2D eigenvalue weighted by atomic mass is 35.5. The van der Waals surface area contributed by atoms with Crippen LogP contribution in [0.1, 0.15) is 17.0 Å². The topological polar surface area (TPSA) is 101 Å². The summed E-state index contributed by atoms with van der Waals surface area (Å²) >= 11 is 0. The number of hydrogen-bond donors (Lipinski definition) is 3. The number of nitrogens with one attached hydrogen (secondary N) is 2. The molecule has 0 atom stereocenters. The van der Waals surface area contributed by atoms with Gasteiger partial charge in [-0.15, -0.1) is 17.5 Å². The third kappa shape index (κ3) is 3.26. The van der Waals surface area contributed by atoms with Crippen LogP contribution in [0.3, 0.4) is 0 Å². The molecule has 4 aromatic rings. The second-order valence-electron chi connectivity index (χ2n) is 5.56. The monoisotopic (exact) mass is 343 g/mol. The lowest BCUT2D eigenvalue weighted by atomic mass is 10.2. The van der Waals surface area contributed by atoms with Crippen molar-refractivity contribution < 1.29 is 0 Å². The molecule has 0 aliphatic rings. The molecule has 4 rings (SSSR count). The van der Waals surface area contributed by atoms with E-state index in [4.69, 9.17) is 5.73 Å². The Balaban J connectivity index is 0.00000169. The summed E-state index contributed by atoms with van der Waals surface area (Å²) in [4.78, 5) is 10.3. The van der Waals surface area contributed by atoms with Gasteiger partial charge in [0.25, 0.3) is 0 Å². The smallest absolute Gasteiger partial charge is 0.197 e. The molecule has 0 aliphatic heterocycles. The highest BCUT2D eigenvalue weighted by Gasteiger charge is 2.07. The number of aryl methyl sites for hydroxylation is 2. The Morgan fingerprint density at radius 3 is 2.88 bits per heavy atom. The van der Waals surface area contributed by atoms with Gasteiger partial charge in [0, 0.05) is 29.0 Å². The highest BCUT2D eigenvalue weighted by Crippen LogP contribution is 2.18. The fraction of sp³-hybridized carbons (Fsp3) is 0.188. The van der Waals surface area contributed by atoms with Gasteiger partial charge in [0.15, 0.2) is 5.95 Å². The fourth-order valence-corrected chi connectivity index (χ4v) is 2.73. The average molecular weight is 344 g/mol. The standard InChI is InChI=1S/C16H17N7.ClH/c17-16-19-8-12(20-16)5-6-13-10-23(22-21-13)9-11-7-18-15-4-2-1-3-14(11)15;/h1-4,7-8,10,18H,5-6,9H2,(H3,17,19,20);1H. The highest BCUT2D eigenvalue weighted by molar-refractivity contribution is 5.85. The SMILES string of the molecule is Cl.Nc1ncc(CCc2cn(Cc3c[nH]c4ccccc34)nn2)[nH]1. The summed E-state index contributed by atoms with van der Waals surface area (Å²) in [5.74, 6) is 0.447. The first-order chi connectivity index (χ1) is 11.3. The van der Waals surface area contributed by atoms with Crippen LogP contribution in [0.2, 0.25) is 0 Å². The number of benzene rings is 1. The van der Waals surface area contributed by atoms with E-state index in [9.17, 15) is 0 Å². The lowest BCUT2D eigenvalue weighted by Gasteiger charge is -1.98. The van der Waals surface area contributed by atoms with E-state index in [0.29, 0.717) is 12.5 Å². The Hall–Kier alpha value is -2.80. The van der Waals surface area contributed by atoms with Crippen molar-refractivity contribution in [3.63, 3.8) is 0 Å². The van der Waals surface area contributed by atoms with Gasteiger partial charge in [-0.25, -0.2) is 9.67 Å². The van der Waals surface area contributed by atoms with E-state index in [1.165, 1.54) is 10.9 Å². The maximum absolute atomic E-state index is 5.57. The molecule has 124 valence electrons. The predicted molar refractivity (Wildman–Crippen MR) is 95.1 cm³/mol. The summed E-state index contributed by atoms with van der Waals surface area (Å²) in [5, 5.41) is 9.67. The van der Waals surface area contributed by atoms with Crippen LogP contribution in [0.5, 0.6) is 0 Å². The molecule has 1 aromatic carbocycles. The van der Waals surface area contributed by atoms with Crippen molar-refractivity contribution in [2.24, 2.45) is 0 Å². The fourth-order valence-electron chi connectivity index (χ4n) is 2.73. The van der Waals surface area contributed by atoms with Gasteiger partial charge in [0.2, 0.25) is 0 Å². The molecule has 0 spiro atoms. The first-order valence-corrected chi connectivity index (χ1v) is 7.51. The number of fused-ring (bicyclic) bond motifs is 1. The van der Waals surface area contributed by atoms with Gasteiger partial charge in [-0.2, -0.15) is 0 Å². The summed E-state index contributed by atoms with van der Waals surface area (Å²) in [6, 6.07) is 8.25. The van der Waals surface area contributed by atoms with Crippen molar-refractivity contribution in [1.82, 2.24) is 29.9 Å². The first kappa shape index (κ1) is 16.1. The number of para-hydroxylation sites is 1. The summed E-state index contributed by atoms with van der Waals surface area (Å²) in [6.45, 7) is 0.702. The van der Waals surface area contributed by atoms with Crippen molar-refractivity contribution in [2.75, 3.05) is 5.73 Å². The van der Waals surface area contributed by atoms with Crippen molar-refractivity contribution in [3.8, 4) is 0 Å². The Bertz CT molecular complexity index is 937. The zero-order valence-corrected chi connectivity index (χ0v) is 13.8. The molecule has 0 fully saturated rings. The first-order valence-electron chi connectivity index (χ1n) is 7.51. The van der Waals surface area contributed by atoms with Gasteiger partial charge in [-0.3, -0.25) is 0 Å². The second-order valence-corrected chi connectivity index (χ2v) is 5.56. The molecule has 0 radical (unpaired) electrons. The number of nitrogen functional groups attached to an aromatic ring is 1. The van der Waals surface area contributed by atoms with Gasteiger partial charge >= 0.3 is 0 Å². The molecular weight excluding hydrogens is 326 g/mol. The van der Waals surface area contributed by atoms with Crippen LogP contribution in [0, 0.1) is 0 Å². The molecule has 3 heterocycles. The minimum atomic E-state index is 0. The number of rotatable bonds is 5. The third-order valence-electron chi connectivity index (χ3n) is 3.89. The largest absolute Gasteiger partial charge is 0.369 e. The number of aromatic amines is 2. The van der Waals surface area contributed by atoms with Crippen molar-refractivity contribution >= 4 is 29.3 Å². The van der Waals surface area contributed by atoms with Crippen LogP contribution in [0.25, 0.3) is 10.9 Å². The second kappa shape index (κ2) is 6.76. The molecule has 0 unspecified atom stereocenters. The Morgan fingerprint density at radius 1 is 1.17 bits per heavy atom. The third-order valence-corrected chi connectivity index (χ3v) is 3.89. The van der Waals surface area contributed by atoms with E-state index in [1.807, 2.05) is 29.2 Å². The van der Waals surface area contributed by atoms with Crippen molar-refractivity contribution in [3.05, 3.63) is 59.8 Å². The summed E-state index contributed by atoms with van der Waals surface area (Å²) < 4.78 is 1.87. The quantitative estimate of drug-likeness (QED) is 0.517. The molecule has 4 N–H and O–H groups in total. The molecule has 0 aliphatic carbocycles. The maximum atomic E-state index is 5.57. The number of hydrogen-bond acceptors (Lipinski definition) is 4. The number of halogens is 1. The molecule has 3 aromatic heterocycles. The average Bonchev–Trinajstić information content (AvgIpc) is 3.27. The van der Waals surface area contributed by atoms with E-state index < -0.39 is 0 Å². The van der Waals surface area contributed by atoms with E-state index in [-0.39, 0.29) is 12.4 Å². The van der Waals surface area contributed by atoms with Crippen molar-refractivity contribution in [2.45, 2.75) is 19.4 Å². The molecule has 0 saturated heterocycles. The van der Waals surface area contributed by atoms with Gasteiger partial charge < -0.3 is 15.7 Å². The number of nitrogens with two attached hydrogens (primary N) is 1. The zero-order valence-electron chi connectivity index (χ0n) is 12.9. The zero-order chi connectivity index (χ0) is 15.6. The van der Waals surface area contributed by atoms with Gasteiger partial charge in [0.1, 0.15) is 0 Å². The summed E-state index contributed by atoms with van der Waals surface area (Å²) in [6.07, 6.45) is 7.39. The molecule has 0 bridgehead atoms. The van der Waals surface area contributed by atoms with Crippen LogP contribution in [0.4, 0.5) is 5.95 Å². The molecule has 8 heteroatoms. The summed E-state index contributed by atoms with van der Waals surface area (Å²) in [5.41, 5.74) is 9.88. The molecular formula is C16H18ClN7. The van der Waals surface area contributed by atoms with Crippen LogP contribution in [0.15, 0.2) is 42.9 Å². The number of H-pyrrole nitrogens is 2. The van der Waals surface area contributed by atoms with E-state index in [1.54, 1.807) is 6.20 Å². The lowest BCUT2D eigenvalue weighted by Crippen LogP contribution is -1.99. The van der Waals surface area contributed by atoms with Crippen LogP contribution >= 0.6 is 12.4 Å². The Labute approximate surface area is 144 Å². The van der Waals surface area contributed by atoms with E-state index in [2.05, 4.69) is 37.4 Å². The van der Waals surface area contributed by atoms with E-state index >= 15 is 0 Å². The number of anilines is 1. The molecule has 24 heavy (non-hydrogen) atoms. The summed E-state index contributed by atoms with van der Waals surface area (Å²) in [7, 11) is 0. The number of imidazole rings is 1.